The van der Waals surface area contributed by atoms with E-state index < -0.39 is 29.3 Å². The lowest BCUT2D eigenvalue weighted by Gasteiger charge is -2.12. The minimum Gasteiger partial charge on any atom is -0.354 e. The SMILES string of the molecule is Cc1csc(-c2ccnc(NCCCNC(=O)Nc3cc(C(F)(F)F)ccc3F)n2)c1. The molecule has 0 fully saturated rings. The molecule has 6 nitrogen and oxygen atoms in total. The fourth-order valence-electron chi connectivity index (χ4n) is 2.60. The molecule has 0 bridgehead atoms. The molecule has 0 aliphatic carbocycles. The average Bonchev–Trinajstić information content (AvgIpc) is 3.15. The predicted octanol–water partition coefficient (Wildman–Crippen LogP) is 5.30. The number of carbonyl (C=O) groups is 1. The van der Waals surface area contributed by atoms with Gasteiger partial charge in [-0.05, 0) is 54.6 Å². The Morgan fingerprint density at radius 1 is 1.16 bits per heavy atom. The molecule has 3 N–H and O–H groups in total. The number of aryl methyl sites for hydroxylation is 1. The minimum atomic E-state index is -4.63. The number of thiophene rings is 1. The molecule has 3 rings (SSSR count). The average molecular weight is 453 g/mol. The van der Waals surface area contributed by atoms with Gasteiger partial charge in [-0.2, -0.15) is 13.2 Å². The lowest BCUT2D eigenvalue weighted by molar-refractivity contribution is -0.137. The first-order valence-corrected chi connectivity index (χ1v) is 10.1. The van der Waals surface area contributed by atoms with E-state index in [0.29, 0.717) is 37.1 Å². The van der Waals surface area contributed by atoms with E-state index >= 15 is 0 Å². The zero-order valence-corrected chi connectivity index (χ0v) is 17.2. The number of nitrogens with zero attached hydrogens (tertiary/aromatic N) is 2. The Hall–Kier alpha value is -3.21. The van der Waals surface area contributed by atoms with Crippen molar-refractivity contribution >= 4 is 29.0 Å². The van der Waals surface area contributed by atoms with Crippen LogP contribution < -0.4 is 16.0 Å². The van der Waals surface area contributed by atoms with Gasteiger partial charge in [-0.15, -0.1) is 11.3 Å². The number of aromatic nitrogens is 2. The number of carbonyl (C=O) groups excluding carboxylic acids is 1. The summed E-state index contributed by atoms with van der Waals surface area (Å²) in [5, 5.41) is 9.63. The second-order valence-corrected chi connectivity index (χ2v) is 7.52. The molecule has 3 aromatic rings. The summed E-state index contributed by atoms with van der Waals surface area (Å²) in [5.41, 5.74) is 0.367. The summed E-state index contributed by atoms with van der Waals surface area (Å²) in [5.74, 6) is -0.512. The normalized spacial score (nSPS) is 11.3. The molecule has 0 aliphatic rings. The number of amides is 2. The molecule has 2 heterocycles. The molecule has 2 aromatic heterocycles. The highest BCUT2D eigenvalue weighted by Crippen LogP contribution is 2.31. The van der Waals surface area contributed by atoms with E-state index in [9.17, 15) is 22.4 Å². The molecule has 0 aliphatic heterocycles. The number of benzene rings is 1. The molecule has 0 unspecified atom stereocenters. The number of anilines is 2. The number of nitrogens with one attached hydrogen (secondary N) is 3. The van der Waals surface area contributed by atoms with Gasteiger partial charge >= 0.3 is 12.2 Å². The minimum absolute atomic E-state index is 0.212. The maximum Gasteiger partial charge on any atom is 0.416 e. The first-order valence-electron chi connectivity index (χ1n) is 9.26. The van der Waals surface area contributed by atoms with Crippen LogP contribution in [0.15, 0.2) is 41.9 Å². The zero-order chi connectivity index (χ0) is 22.4. The predicted molar refractivity (Wildman–Crippen MR) is 112 cm³/mol. The molecular weight excluding hydrogens is 434 g/mol. The lowest BCUT2D eigenvalue weighted by atomic mass is 10.2. The Bertz CT molecular complexity index is 1050. The smallest absolute Gasteiger partial charge is 0.354 e. The number of rotatable bonds is 7. The van der Waals surface area contributed by atoms with E-state index in [-0.39, 0.29) is 6.54 Å². The summed E-state index contributed by atoms with van der Waals surface area (Å²) in [7, 11) is 0. The van der Waals surface area contributed by atoms with Crippen molar-refractivity contribution in [3.63, 3.8) is 0 Å². The van der Waals surface area contributed by atoms with Crippen molar-refractivity contribution in [2.24, 2.45) is 0 Å². The molecule has 0 saturated heterocycles. The van der Waals surface area contributed by atoms with Gasteiger partial charge in [-0.3, -0.25) is 0 Å². The van der Waals surface area contributed by atoms with Crippen LogP contribution in [0.2, 0.25) is 0 Å². The van der Waals surface area contributed by atoms with E-state index in [1.54, 1.807) is 17.5 Å². The van der Waals surface area contributed by atoms with Crippen molar-refractivity contribution in [2.75, 3.05) is 23.7 Å². The van der Waals surface area contributed by atoms with Gasteiger partial charge in [0.1, 0.15) is 5.82 Å². The number of hydrogen-bond donors (Lipinski definition) is 3. The fourth-order valence-corrected chi connectivity index (χ4v) is 3.47. The number of hydrogen-bond acceptors (Lipinski definition) is 5. The Morgan fingerprint density at radius 3 is 2.68 bits per heavy atom. The number of alkyl halides is 3. The topological polar surface area (TPSA) is 78.9 Å². The van der Waals surface area contributed by atoms with E-state index in [1.807, 2.05) is 24.4 Å². The van der Waals surface area contributed by atoms with Crippen LogP contribution >= 0.6 is 11.3 Å². The van der Waals surface area contributed by atoms with Gasteiger partial charge in [0.2, 0.25) is 5.95 Å². The van der Waals surface area contributed by atoms with Crippen LogP contribution in [0.5, 0.6) is 0 Å². The monoisotopic (exact) mass is 453 g/mol. The van der Waals surface area contributed by atoms with Crippen LogP contribution in [0.25, 0.3) is 10.6 Å². The van der Waals surface area contributed by atoms with Crippen molar-refractivity contribution in [3.8, 4) is 10.6 Å². The van der Waals surface area contributed by atoms with Gasteiger partial charge in [0.15, 0.2) is 0 Å². The van der Waals surface area contributed by atoms with Crippen molar-refractivity contribution in [1.29, 1.82) is 0 Å². The Labute approximate surface area is 179 Å². The molecule has 164 valence electrons. The van der Waals surface area contributed by atoms with Crippen LogP contribution in [-0.4, -0.2) is 29.1 Å². The van der Waals surface area contributed by atoms with Crippen LogP contribution in [0.1, 0.15) is 17.5 Å². The molecule has 1 aromatic carbocycles. The van der Waals surface area contributed by atoms with Crippen LogP contribution in [0.4, 0.5) is 34.0 Å². The molecule has 0 radical (unpaired) electrons. The highest BCUT2D eigenvalue weighted by atomic mass is 32.1. The Balaban J connectivity index is 1.44. The van der Waals surface area contributed by atoms with Crippen LogP contribution in [0.3, 0.4) is 0 Å². The number of urea groups is 1. The molecule has 2 amide bonds. The van der Waals surface area contributed by atoms with Crippen LogP contribution in [-0.2, 0) is 6.18 Å². The summed E-state index contributed by atoms with van der Waals surface area (Å²) < 4.78 is 51.8. The maximum atomic E-state index is 13.7. The van der Waals surface area contributed by atoms with E-state index in [2.05, 4.69) is 25.9 Å². The van der Waals surface area contributed by atoms with Gasteiger partial charge in [0.25, 0.3) is 0 Å². The third-order valence-corrected chi connectivity index (χ3v) is 5.17. The van der Waals surface area contributed by atoms with Crippen molar-refractivity contribution in [3.05, 3.63) is 58.9 Å². The molecular formula is C20H19F4N5OS. The second kappa shape index (κ2) is 9.73. The Kier molecular flexibility index (Phi) is 7.06. The summed E-state index contributed by atoms with van der Waals surface area (Å²) >= 11 is 1.59. The van der Waals surface area contributed by atoms with Crippen molar-refractivity contribution < 1.29 is 22.4 Å². The quantitative estimate of drug-likeness (QED) is 0.335. The molecule has 0 spiro atoms. The third-order valence-electron chi connectivity index (χ3n) is 4.10. The number of halogens is 4. The summed E-state index contributed by atoms with van der Waals surface area (Å²) in [6, 6.07) is 4.87. The third kappa shape index (κ3) is 6.38. The van der Waals surface area contributed by atoms with Gasteiger partial charge in [-0.25, -0.2) is 19.2 Å². The molecule has 0 atom stereocenters. The summed E-state index contributed by atoms with van der Waals surface area (Å²) in [6.45, 7) is 2.67. The van der Waals surface area contributed by atoms with Crippen molar-refractivity contribution in [2.45, 2.75) is 19.5 Å². The molecule has 11 heteroatoms. The standard InChI is InChI=1S/C20H19F4N5OS/c1-12-9-17(31-11-12)15-5-8-26-18(28-15)25-6-2-7-27-19(30)29-16-10-13(20(22,23)24)3-4-14(16)21/h3-5,8-11H,2,6-7H2,1H3,(H,25,26,28)(H2,27,29,30). The molecule has 0 saturated carbocycles. The van der Waals surface area contributed by atoms with Gasteiger partial charge in [-0.1, -0.05) is 0 Å². The van der Waals surface area contributed by atoms with Crippen molar-refractivity contribution in [1.82, 2.24) is 15.3 Å². The van der Waals surface area contributed by atoms with Gasteiger partial charge in [0, 0.05) is 19.3 Å². The van der Waals surface area contributed by atoms with Crippen LogP contribution in [0, 0.1) is 12.7 Å². The zero-order valence-electron chi connectivity index (χ0n) is 16.4. The molecule has 31 heavy (non-hydrogen) atoms. The van der Waals surface area contributed by atoms with E-state index in [1.165, 1.54) is 0 Å². The van der Waals surface area contributed by atoms with Gasteiger partial charge in [0.05, 0.1) is 21.8 Å². The van der Waals surface area contributed by atoms with E-state index in [4.69, 9.17) is 0 Å². The fraction of sp³-hybridized carbons (Fsp3) is 0.250. The first kappa shape index (κ1) is 22.5. The van der Waals surface area contributed by atoms with E-state index in [0.717, 1.165) is 16.1 Å². The second-order valence-electron chi connectivity index (χ2n) is 6.61. The van der Waals surface area contributed by atoms with Gasteiger partial charge < -0.3 is 16.0 Å². The lowest BCUT2D eigenvalue weighted by Crippen LogP contribution is -2.31. The maximum absolute atomic E-state index is 13.7. The summed E-state index contributed by atoms with van der Waals surface area (Å²) in [4.78, 5) is 21.5. The summed E-state index contributed by atoms with van der Waals surface area (Å²) in [6.07, 6.45) is -2.49. The highest BCUT2D eigenvalue weighted by molar-refractivity contribution is 7.13. The largest absolute Gasteiger partial charge is 0.416 e. The Morgan fingerprint density at radius 2 is 1.97 bits per heavy atom. The first-order chi connectivity index (χ1) is 14.7. The highest BCUT2D eigenvalue weighted by Gasteiger charge is 2.31.